The van der Waals surface area contributed by atoms with Crippen LogP contribution in [0.25, 0.3) is 0 Å². The average Bonchev–Trinajstić information content (AvgIpc) is 2.68. The molecule has 0 fully saturated rings. The molecule has 0 saturated heterocycles. The van der Waals surface area contributed by atoms with Gasteiger partial charge in [0, 0.05) is 0 Å². The predicted octanol–water partition coefficient (Wildman–Crippen LogP) is 8.86. The molecule has 0 aromatic carbocycles. The molecule has 0 aliphatic heterocycles. The first kappa shape index (κ1) is 36.3. The van der Waals surface area contributed by atoms with Crippen molar-refractivity contribution < 1.29 is 75.0 Å². The average molecular weight is 604 g/mol. The third-order valence-corrected chi connectivity index (χ3v) is 8.21. The molecule has 1 atom stereocenters. The second kappa shape index (κ2) is 11.8. The van der Waals surface area contributed by atoms with Gasteiger partial charge in [0.25, 0.3) is 6.36 Å². The number of halogens is 16. The van der Waals surface area contributed by atoms with Gasteiger partial charge in [-0.05, 0) is 36.7 Å². The Labute approximate surface area is 203 Å². The van der Waals surface area contributed by atoms with E-state index in [4.69, 9.17) is 0 Å². The first-order valence-corrected chi connectivity index (χ1v) is 12.3. The fraction of sp³-hybridized carbons (Fsp3) is 1.00. The van der Waals surface area contributed by atoms with Gasteiger partial charge in [-0.15, -0.1) is 7.92 Å². The molecule has 224 valence electrons. The Hall–Kier alpha value is -0.730. The van der Waals surface area contributed by atoms with Crippen molar-refractivity contribution in [2.45, 2.75) is 82.2 Å². The topological polar surface area (TPSA) is 9.23 Å². The van der Waals surface area contributed by atoms with E-state index in [0.717, 1.165) is 0 Å². The summed E-state index contributed by atoms with van der Waals surface area (Å²) in [5.41, 5.74) is 0. The van der Waals surface area contributed by atoms with Crippen molar-refractivity contribution in [3.8, 4) is 0 Å². The van der Waals surface area contributed by atoms with Crippen LogP contribution in [0.1, 0.15) is 34.1 Å². The maximum Gasteiger partial charge on any atom is 0.460 e. The van der Waals surface area contributed by atoms with Crippen molar-refractivity contribution in [1.82, 2.24) is 0 Å². The Kier molecular flexibility index (Phi) is 11.6. The smallest absolute Gasteiger partial charge is 0.343 e. The fourth-order valence-corrected chi connectivity index (χ4v) is 6.15. The molecule has 0 radical (unpaired) electrons. The van der Waals surface area contributed by atoms with Gasteiger partial charge in [-0.1, -0.05) is 27.7 Å². The Morgan fingerprint density at radius 3 is 1.27 bits per heavy atom. The van der Waals surface area contributed by atoms with E-state index in [-0.39, 0.29) is 24.4 Å². The third-order valence-electron chi connectivity index (χ3n) is 4.77. The summed E-state index contributed by atoms with van der Waals surface area (Å²) in [6.45, 7) is 6.23. The second-order valence-corrected chi connectivity index (χ2v) is 11.6. The highest BCUT2D eigenvalue weighted by Crippen LogP contribution is 2.62. The largest absolute Gasteiger partial charge is 0.460 e. The minimum absolute atomic E-state index is 0.175. The van der Waals surface area contributed by atoms with Gasteiger partial charge in [0.1, 0.15) is 0 Å². The highest BCUT2D eigenvalue weighted by atomic mass is 31.1. The predicted molar refractivity (Wildman–Crippen MR) is 102 cm³/mol. The molecule has 0 aliphatic carbocycles. The van der Waals surface area contributed by atoms with Gasteiger partial charge >= 0.3 is 41.7 Å². The molecule has 0 amide bonds. The van der Waals surface area contributed by atoms with Crippen LogP contribution in [-0.4, -0.2) is 73.2 Å². The van der Waals surface area contributed by atoms with E-state index in [0.29, 0.717) is 12.3 Å². The lowest BCUT2D eigenvalue weighted by Gasteiger charge is -2.41. The summed E-state index contributed by atoms with van der Waals surface area (Å²) >= 11 is 0. The minimum Gasteiger partial charge on any atom is -0.343 e. The molecule has 0 saturated carbocycles. The van der Waals surface area contributed by atoms with Gasteiger partial charge in [0.15, 0.2) is 0 Å². The number of rotatable bonds is 15. The highest BCUT2D eigenvalue weighted by Gasteiger charge is 2.94. The summed E-state index contributed by atoms with van der Waals surface area (Å²) in [5.74, 6) is -47.8. The van der Waals surface area contributed by atoms with Gasteiger partial charge < -0.3 is 4.74 Å². The molecule has 0 N–H and O–H groups in total. The zero-order valence-electron chi connectivity index (χ0n) is 19.7. The van der Waals surface area contributed by atoms with Gasteiger partial charge in [0.05, 0.1) is 6.61 Å². The Morgan fingerprint density at radius 1 is 0.568 bits per heavy atom. The molecular weight excluding hydrogens is 579 g/mol. The lowest BCUT2D eigenvalue weighted by molar-refractivity contribution is -0.458. The van der Waals surface area contributed by atoms with Crippen LogP contribution in [0.2, 0.25) is 0 Å². The number of hydrogen-bond acceptors (Lipinski definition) is 1. The van der Waals surface area contributed by atoms with Crippen LogP contribution in [-0.2, 0) is 4.74 Å². The Balaban J connectivity index is 5.79. The standard InChI is InChI=1S/C19H25F16OP/c1-10(2)8-37(9-11(3)4)7-5-6-36-12(20)13(21,22)14(23,24)15(25,26)16(27,28)17(29,30)18(31,32)19(33,34)35/h10-12H,5-9H2,1-4H3. The molecule has 0 heterocycles. The highest BCUT2D eigenvalue weighted by molar-refractivity contribution is 7.57. The van der Waals surface area contributed by atoms with E-state index in [1.165, 1.54) is 0 Å². The zero-order valence-corrected chi connectivity index (χ0v) is 20.6. The maximum atomic E-state index is 13.8. The van der Waals surface area contributed by atoms with Gasteiger partial charge in [-0.25, -0.2) is 4.39 Å². The molecule has 0 rings (SSSR count). The first-order chi connectivity index (χ1) is 16.1. The van der Waals surface area contributed by atoms with Crippen LogP contribution in [0.3, 0.4) is 0 Å². The summed E-state index contributed by atoms with van der Waals surface area (Å²) in [6.07, 6.45) is -11.3. The SMILES string of the molecule is CC(C)CP(CCCOC(F)C(F)(F)C(F)(F)C(F)(F)C(F)(F)C(F)(F)C(F)(F)C(F)(F)F)CC(C)C. The number of ether oxygens (including phenoxy) is 1. The van der Waals surface area contributed by atoms with Crippen LogP contribution >= 0.6 is 7.92 Å². The van der Waals surface area contributed by atoms with Gasteiger partial charge in [-0.2, -0.15) is 65.9 Å². The molecular formula is C19H25F16OP. The van der Waals surface area contributed by atoms with Crippen LogP contribution in [0, 0.1) is 11.8 Å². The van der Waals surface area contributed by atoms with Crippen molar-refractivity contribution in [1.29, 1.82) is 0 Å². The van der Waals surface area contributed by atoms with Crippen molar-refractivity contribution in [3.05, 3.63) is 0 Å². The van der Waals surface area contributed by atoms with E-state index >= 15 is 0 Å². The number of alkyl halides is 16. The van der Waals surface area contributed by atoms with Crippen molar-refractivity contribution in [2.75, 3.05) is 25.1 Å². The van der Waals surface area contributed by atoms with E-state index in [2.05, 4.69) is 4.74 Å². The summed E-state index contributed by atoms with van der Waals surface area (Å²) < 4.78 is 215. The lowest BCUT2D eigenvalue weighted by Crippen LogP contribution is -2.73. The van der Waals surface area contributed by atoms with E-state index in [1.54, 1.807) is 0 Å². The van der Waals surface area contributed by atoms with Crippen molar-refractivity contribution in [3.63, 3.8) is 0 Å². The van der Waals surface area contributed by atoms with Crippen LogP contribution in [0.5, 0.6) is 0 Å². The van der Waals surface area contributed by atoms with Gasteiger partial charge in [-0.3, -0.25) is 0 Å². The van der Waals surface area contributed by atoms with Crippen LogP contribution in [0.4, 0.5) is 70.2 Å². The maximum absolute atomic E-state index is 13.8. The monoisotopic (exact) mass is 604 g/mol. The van der Waals surface area contributed by atoms with E-state index < -0.39 is 62.6 Å². The third kappa shape index (κ3) is 7.08. The van der Waals surface area contributed by atoms with Crippen LogP contribution < -0.4 is 0 Å². The van der Waals surface area contributed by atoms with E-state index in [1.807, 2.05) is 27.7 Å². The minimum atomic E-state index is -8.45. The molecule has 0 aromatic heterocycles. The lowest BCUT2D eigenvalue weighted by atomic mass is 9.91. The fourth-order valence-electron chi connectivity index (χ4n) is 2.99. The Morgan fingerprint density at radius 2 is 0.919 bits per heavy atom. The van der Waals surface area contributed by atoms with Gasteiger partial charge in [0.2, 0.25) is 0 Å². The summed E-state index contributed by atoms with van der Waals surface area (Å²) in [5, 5.41) is 0. The molecule has 1 unspecified atom stereocenters. The normalized spacial score (nSPS) is 16.3. The molecule has 37 heavy (non-hydrogen) atoms. The summed E-state index contributed by atoms with van der Waals surface area (Å²) in [4.78, 5) is 0. The zero-order chi connectivity index (χ0) is 30.1. The number of hydrogen-bond donors (Lipinski definition) is 0. The summed E-state index contributed by atoms with van der Waals surface area (Å²) in [7, 11) is -0.793. The second-order valence-electron chi connectivity index (χ2n) is 9.08. The van der Waals surface area contributed by atoms with Crippen LogP contribution in [0.15, 0.2) is 0 Å². The van der Waals surface area contributed by atoms with Crippen molar-refractivity contribution >= 4 is 7.92 Å². The molecule has 0 spiro atoms. The molecule has 18 heteroatoms. The molecule has 0 aliphatic rings. The quantitative estimate of drug-likeness (QED) is 0.103. The van der Waals surface area contributed by atoms with Crippen molar-refractivity contribution in [2.24, 2.45) is 11.8 Å². The molecule has 0 bridgehead atoms. The molecule has 0 aromatic rings. The summed E-state index contributed by atoms with van der Waals surface area (Å²) in [6, 6.07) is 0. The van der Waals surface area contributed by atoms with E-state index in [9.17, 15) is 70.2 Å². The molecule has 1 nitrogen and oxygen atoms in total. The Bertz CT molecular complexity index is 709. The first-order valence-electron chi connectivity index (χ1n) is 10.4.